The van der Waals surface area contributed by atoms with Crippen LogP contribution in [0, 0.1) is 23.7 Å². The monoisotopic (exact) mass is 397 g/mol. The average Bonchev–Trinajstić information content (AvgIpc) is 3.09. The zero-order valence-corrected chi connectivity index (χ0v) is 17.4. The summed E-state index contributed by atoms with van der Waals surface area (Å²) in [6, 6.07) is 7.99. The van der Waals surface area contributed by atoms with Crippen LogP contribution in [0.1, 0.15) is 57.4 Å². The Morgan fingerprint density at radius 1 is 1.00 bits per heavy atom. The summed E-state index contributed by atoms with van der Waals surface area (Å²) >= 11 is 0. The van der Waals surface area contributed by atoms with Gasteiger partial charge in [-0.1, -0.05) is 44.2 Å². The summed E-state index contributed by atoms with van der Waals surface area (Å²) in [5.41, 5.74) is 1.81. The number of piperidine rings is 1. The van der Waals surface area contributed by atoms with Gasteiger partial charge in [0.25, 0.3) is 0 Å². The molecule has 158 valence electrons. The number of aliphatic hydroxyl groups is 1. The maximum atomic E-state index is 12.7. The van der Waals surface area contributed by atoms with Gasteiger partial charge in [-0.15, -0.1) is 0 Å². The second kappa shape index (κ2) is 8.27. The molecule has 1 saturated heterocycles. The van der Waals surface area contributed by atoms with E-state index in [1.807, 2.05) is 28.8 Å². The molecule has 5 atom stereocenters. The lowest BCUT2D eigenvalue weighted by molar-refractivity contribution is 0.0320. The summed E-state index contributed by atoms with van der Waals surface area (Å²) in [7, 11) is 0. The molecule has 2 heterocycles. The molecule has 29 heavy (non-hydrogen) atoms. The molecule has 0 amide bonds. The van der Waals surface area contributed by atoms with Gasteiger partial charge >= 0.3 is 5.69 Å². The molecule has 0 bridgehead atoms. The molecule has 3 fully saturated rings. The van der Waals surface area contributed by atoms with Gasteiger partial charge in [0.15, 0.2) is 0 Å². The van der Waals surface area contributed by atoms with Gasteiger partial charge in [0.2, 0.25) is 0 Å². The molecule has 2 aliphatic carbocycles. The van der Waals surface area contributed by atoms with Gasteiger partial charge in [-0.2, -0.15) is 0 Å². The Balaban J connectivity index is 1.31. The molecule has 0 radical (unpaired) electrons. The first-order valence-electron chi connectivity index (χ1n) is 11.8. The summed E-state index contributed by atoms with van der Waals surface area (Å²) in [5.74, 6) is 2.85. The Bertz CT molecular complexity index is 886. The number of imidazole rings is 1. The number of likely N-dealkylation sites (tertiary alicyclic amines) is 1. The first-order valence-corrected chi connectivity index (χ1v) is 11.8. The molecule has 5 heteroatoms. The van der Waals surface area contributed by atoms with Crippen LogP contribution in [0.4, 0.5) is 0 Å². The van der Waals surface area contributed by atoms with E-state index in [4.69, 9.17) is 0 Å². The number of aromatic nitrogens is 2. The van der Waals surface area contributed by atoms with Crippen molar-refractivity contribution in [1.82, 2.24) is 14.5 Å². The van der Waals surface area contributed by atoms with Gasteiger partial charge in [0.05, 0.1) is 11.0 Å². The third kappa shape index (κ3) is 3.68. The Labute approximate surface area is 173 Å². The van der Waals surface area contributed by atoms with Crippen LogP contribution in [0.25, 0.3) is 11.0 Å². The number of hydrogen-bond acceptors (Lipinski definition) is 3. The molecule has 1 aliphatic heterocycles. The molecule has 5 rings (SSSR count). The van der Waals surface area contributed by atoms with Crippen molar-refractivity contribution in [1.29, 1.82) is 0 Å². The van der Waals surface area contributed by atoms with E-state index >= 15 is 0 Å². The molecular weight excluding hydrogens is 362 g/mol. The topological polar surface area (TPSA) is 61.3 Å². The van der Waals surface area contributed by atoms with E-state index in [-0.39, 0.29) is 24.3 Å². The van der Waals surface area contributed by atoms with Crippen molar-refractivity contribution in [2.45, 2.75) is 57.4 Å². The number of aromatic amines is 1. The highest BCUT2D eigenvalue weighted by Crippen LogP contribution is 2.44. The first kappa shape index (κ1) is 19.4. The summed E-state index contributed by atoms with van der Waals surface area (Å²) in [6.45, 7) is 3.26. The number of benzene rings is 1. The van der Waals surface area contributed by atoms with Gasteiger partial charge in [0, 0.05) is 38.2 Å². The lowest BCUT2D eigenvalue weighted by Gasteiger charge is -2.45. The van der Waals surface area contributed by atoms with Gasteiger partial charge in [-0.25, -0.2) is 4.79 Å². The molecule has 5 nitrogen and oxygen atoms in total. The Hall–Kier alpha value is -1.59. The lowest BCUT2D eigenvalue weighted by Crippen LogP contribution is -2.47. The summed E-state index contributed by atoms with van der Waals surface area (Å²) in [5, 5.41) is 10.2. The minimum atomic E-state index is -0.0413. The molecule has 5 unspecified atom stereocenters. The van der Waals surface area contributed by atoms with E-state index < -0.39 is 0 Å². The molecule has 2 saturated carbocycles. The molecule has 3 aliphatic rings. The zero-order valence-electron chi connectivity index (χ0n) is 17.4. The molecule has 2 N–H and O–H groups in total. The number of aliphatic hydroxyl groups excluding tert-OH is 1. The van der Waals surface area contributed by atoms with Crippen molar-refractivity contribution in [2.75, 3.05) is 26.2 Å². The van der Waals surface area contributed by atoms with Crippen molar-refractivity contribution in [3.8, 4) is 0 Å². The second-order valence-electron chi connectivity index (χ2n) is 9.77. The maximum Gasteiger partial charge on any atom is 0.326 e. The smallest absolute Gasteiger partial charge is 0.326 e. The van der Waals surface area contributed by atoms with Crippen LogP contribution < -0.4 is 5.69 Å². The highest BCUT2D eigenvalue weighted by Gasteiger charge is 2.38. The predicted octanol–water partition coefficient (Wildman–Crippen LogP) is 3.79. The number of nitrogens with zero attached hydrogens (tertiary/aromatic N) is 2. The normalized spacial score (nSPS) is 33.6. The van der Waals surface area contributed by atoms with Crippen LogP contribution >= 0.6 is 0 Å². The van der Waals surface area contributed by atoms with Gasteiger partial charge in [-0.3, -0.25) is 4.57 Å². The quantitative estimate of drug-likeness (QED) is 0.825. The lowest BCUT2D eigenvalue weighted by atomic mass is 9.65. The van der Waals surface area contributed by atoms with E-state index in [1.165, 1.54) is 51.5 Å². The highest BCUT2D eigenvalue weighted by atomic mass is 16.3. The van der Waals surface area contributed by atoms with Gasteiger partial charge < -0.3 is 15.0 Å². The summed E-state index contributed by atoms with van der Waals surface area (Å²) in [4.78, 5) is 18.3. The maximum absolute atomic E-state index is 12.7. The van der Waals surface area contributed by atoms with Crippen molar-refractivity contribution < 1.29 is 5.11 Å². The number of H-pyrrole nitrogens is 1. The molecule has 1 aromatic heterocycles. The van der Waals surface area contributed by atoms with E-state index in [9.17, 15) is 9.90 Å². The number of fused-ring (bicyclic) bond motifs is 2. The molecule has 1 aromatic carbocycles. The fraction of sp³-hybridized carbons (Fsp3) is 0.708. The van der Waals surface area contributed by atoms with Crippen molar-refractivity contribution in [3.63, 3.8) is 0 Å². The zero-order chi connectivity index (χ0) is 19.8. The predicted molar refractivity (Wildman–Crippen MR) is 116 cm³/mol. The number of hydrogen-bond donors (Lipinski definition) is 2. The van der Waals surface area contributed by atoms with Crippen LogP contribution in [0.15, 0.2) is 29.1 Å². The number of rotatable bonds is 4. The Morgan fingerprint density at radius 3 is 2.72 bits per heavy atom. The molecular formula is C24H35N3O2. The highest BCUT2D eigenvalue weighted by molar-refractivity contribution is 5.75. The summed E-state index contributed by atoms with van der Waals surface area (Å²) < 4.78 is 1.91. The third-order valence-corrected chi connectivity index (χ3v) is 8.18. The standard InChI is InChI=1S/C24H35N3O2/c28-16-19-15-26(14-18-8-5-7-17-6-1-2-9-20(17)18)13-12-22(19)27-23-11-4-3-10-21(23)25-24(27)29/h3-4,10-11,17-20,22,28H,1-2,5-9,12-16H2,(H,25,29). The van der Waals surface area contributed by atoms with Crippen molar-refractivity contribution >= 4 is 11.0 Å². The third-order valence-electron chi connectivity index (χ3n) is 8.18. The fourth-order valence-corrected chi connectivity index (χ4v) is 6.81. The van der Waals surface area contributed by atoms with Gasteiger partial charge in [0.1, 0.15) is 0 Å². The van der Waals surface area contributed by atoms with Crippen molar-refractivity contribution in [2.24, 2.45) is 23.7 Å². The van der Waals surface area contributed by atoms with Gasteiger partial charge in [-0.05, 0) is 49.1 Å². The molecule has 0 spiro atoms. The molecule has 2 aromatic rings. The van der Waals surface area contributed by atoms with E-state index in [1.54, 1.807) is 0 Å². The van der Waals surface area contributed by atoms with E-state index in [0.717, 1.165) is 48.3 Å². The average molecular weight is 398 g/mol. The first-order chi connectivity index (χ1) is 14.2. The van der Waals surface area contributed by atoms with Crippen LogP contribution in [-0.2, 0) is 0 Å². The fourth-order valence-electron chi connectivity index (χ4n) is 6.81. The van der Waals surface area contributed by atoms with E-state index in [2.05, 4.69) is 9.88 Å². The Morgan fingerprint density at radius 2 is 1.83 bits per heavy atom. The van der Waals surface area contributed by atoms with Crippen molar-refractivity contribution in [3.05, 3.63) is 34.7 Å². The van der Waals surface area contributed by atoms with Crippen LogP contribution in [0.5, 0.6) is 0 Å². The minimum Gasteiger partial charge on any atom is -0.396 e. The SMILES string of the molecule is O=c1[nH]c2ccccc2n1C1CCN(CC2CCCC3CCCCC32)CC1CO. The second-order valence-corrected chi connectivity index (χ2v) is 9.77. The van der Waals surface area contributed by atoms with Crippen LogP contribution in [-0.4, -0.2) is 45.8 Å². The number of nitrogens with one attached hydrogen (secondary N) is 1. The minimum absolute atomic E-state index is 0.0413. The summed E-state index contributed by atoms with van der Waals surface area (Å²) in [6.07, 6.45) is 10.9. The van der Waals surface area contributed by atoms with Crippen LogP contribution in [0.2, 0.25) is 0 Å². The Kier molecular flexibility index (Phi) is 5.53. The largest absolute Gasteiger partial charge is 0.396 e. The van der Waals surface area contributed by atoms with Crippen LogP contribution in [0.3, 0.4) is 0 Å². The van der Waals surface area contributed by atoms with E-state index in [0.29, 0.717) is 0 Å². The number of para-hydroxylation sites is 2.